The summed E-state index contributed by atoms with van der Waals surface area (Å²) >= 11 is 3.59. The number of hydrogen-bond donors (Lipinski definition) is 0. The van der Waals surface area contributed by atoms with Gasteiger partial charge in [-0.2, -0.15) is 0 Å². The Kier molecular flexibility index (Phi) is 5.34. The second-order valence-corrected chi connectivity index (χ2v) is 5.28. The molecule has 90 valence electrons. The molecule has 0 radical (unpaired) electrons. The molecule has 2 aromatic rings. The number of rotatable bonds is 2. The number of aromatic nitrogens is 1. The van der Waals surface area contributed by atoms with Crippen LogP contribution in [0, 0.1) is 6.92 Å². The molecule has 0 spiro atoms. The van der Waals surface area contributed by atoms with Gasteiger partial charge in [0.2, 0.25) is 0 Å². The fourth-order valence-electron chi connectivity index (χ4n) is 1.69. The van der Waals surface area contributed by atoms with E-state index in [1.165, 1.54) is 16.7 Å². The van der Waals surface area contributed by atoms with Crippen LogP contribution in [0.4, 0.5) is 0 Å². The lowest BCUT2D eigenvalue weighted by Gasteiger charge is -2.09. The van der Waals surface area contributed by atoms with Crippen molar-refractivity contribution in [3.05, 3.63) is 53.7 Å². The van der Waals surface area contributed by atoms with Gasteiger partial charge >= 0.3 is 0 Å². The van der Waals surface area contributed by atoms with Gasteiger partial charge in [-0.15, -0.1) is 17.0 Å². The van der Waals surface area contributed by atoms with Gasteiger partial charge in [0.1, 0.15) is 0 Å². The molecule has 2 rings (SSSR count). The molecule has 0 fully saturated rings. The average molecular weight is 357 g/mol. The number of pyridine rings is 1. The first-order valence-corrected chi connectivity index (χ1v) is 6.26. The molecule has 0 amide bonds. The van der Waals surface area contributed by atoms with Crippen LogP contribution in [0.1, 0.15) is 22.9 Å². The molecule has 1 nitrogen and oxygen atoms in total. The van der Waals surface area contributed by atoms with Crippen LogP contribution in [0.5, 0.6) is 0 Å². The summed E-state index contributed by atoms with van der Waals surface area (Å²) in [4.78, 5) is 4.77. The summed E-state index contributed by atoms with van der Waals surface area (Å²) in [6.07, 6.45) is 1.83. The molecule has 1 atom stereocenters. The molecule has 0 saturated carbocycles. The van der Waals surface area contributed by atoms with E-state index in [0.717, 1.165) is 5.69 Å². The first-order chi connectivity index (χ1) is 7.68. The number of alkyl halides is 1. The van der Waals surface area contributed by atoms with E-state index in [0.29, 0.717) is 4.83 Å². The molecule has 0 aliphatic heterocycles. The van der Waals surface area contributed by atoms with E-state index in [9.17, 15) is 0 Å². The highest BCUT2D eigenvalue weighted by Crippen LogP contribution is 2.28. The van der Waals surface area contributed by atoms with Crippen molar-refractivity contribution in [1.29, 1.82) is 0 Å². The molecule has 3 heteroatoms. The Morgan fingerprint density at radius 2 is 1.94 bits per heavy atom. The molecule has 1 heterocycles. The monoisotopic (exact) mass is 355 g/mol. The van der Waals surface area contributed by atoms with Crippen LogP contribution in [-0.4, -0.2) is 4.98 Å². The molecule has 0 aliphatic rings. The molecular formula is C14H15Br2N. The van der Waals surface area contributed by atoms with Crippen LogP contribution in [0.25, 0.3) is 11.3 Å². The van der Waals surface area contributed by atoms with Crippen molar-refractivity contribution < 1.29 is 0 Å². The van der Waals surface area contributed by atoms with Crippen LogP contribution in [-0.2, 0) is 0 Å². The lowest BCUT2D eigenvalue weighted by atomic mass is 10.0. The summed E-state index contributed by atoms with van der Waals surface area (Å²) in [5.74, 6) is 0. The lowest BCUT2D eigenvalue weighted by Crippen LogP contribution is -1.90. The summed E-state index contributed by atoms with van der Waals surface area (Å²) in [7, 11) is 0. The van der Waals surface area contributed by atoms with Crippen LogP contribution in [0.3, 0.4) is 0 Å². The molecular weight excluding hydrogens is 342 g/mol. The zero-order valence-electron chi connectivity index (χ0n) is 9.85. The molecule has 17 heavy (non-hydrogen) atoms. The average Bonchev–Trinajstić information content (AvgIpc) is 2.30. The molecule has 0 bridgehead atoms. The minimum absolute atomic E-state index is 0. The van der Waals surface area contributed by atoms with Crippen LogP contribution in [0.15, 0.2) is 42.6 Å². The first kappa shape index (κ1) is 14.4. The lowest BCUT2D eigenvalue weighted by molar-refractivity contribution is 1.12. The van der Waals surface area contributed by atoms with Crippen LogP contribution >= 0.6 is 32.9 Å². The number of benzene rings is 1. The van der Waals surface area contributed by atoms with Gasteiger partial charge in [-0.25, -0.2) is 0 Å². The van der Waals surface area contributed by atoms with Gasteiger partial charge in [-0.05, 0) is 43.2 Å². The van der Waals surface area contributed by atoms with Gasteiger partial charge in [0.25, 0.3) is 0 Å². The van der Waals surface area contributed by atoms with Crippen molar-refractivity contribution in [3.8, 4) is 11.3 Å². The van der Waals surface area contributed by atoms with Crippen molar-refractivity contribution in [2.45, 2.75) is 18.7 Å². The molecule has 0 aliphatic carbocycles. The SMILES string of the molecule is Br.Cc1ccc(C(C)Br)cc1-c1ccccn1. The van der Waals surface area contributed by atoms with Gasteiger partial charge in [-0.3, -0.25) is 4.98 Å². The third-order valence-corrected chi connectivity index (χ3v) is 3.19. The molecule has 0 N–H and O–H groups in total. The quantitative estimate of drug-likeness (QED) is 0.683. The normalized spacial score (nSPS) is 11.7. The van der Waals surface area contributed by atoms with Crippen molar-refractivity contribution in [3.63, 3.8) is 0 Å². The van der Waals surface area contributed by atoms with Gasteiger partial charge in [0.05, 0.1) is 5.69 Å². The number of halogens is 2. The van der Waals surface area contributed by atoms with E-state index in [2.05, 4.69) is 53.0 Å². The van der Waals surface area contributed by atoms with Crippen molar-refractivity contribution >= 4 is 32.9 Å². The zero-order valence-corrected chi connectivity index (χ0v) is 13.2. The Morgan fingerprint density at radius 1 is 1.18 bits per heavy atom. The van der Waals surface area contributed by atoms with Crippen molar-refractivity contribution in [2.24, 2.45) is 0 Å². The van der Waals surface area contributed by atoms with E-state index in [1.807, 2.05) is 24.4 Å². The fraction of sp³-hybridized carbons (Fsp3) is 0.214. The predicted molar refractivity (Wildman–Crippen MR) is 82.1 cm³/mol. The van der Waals surface area contributed by atoms with Gasteiger partial charge in [0, 0.05) is 16.6 Å². The van der Waals surface area contributed by atoms with E-state index >= 15 is 0 Å². The summed E-state index contributed by atoms with van der Waals surface area (Å²) < 4.78 is 0. The van der Waals surface area contributed by atoms with E-state index in [-0.39, 0.29) is 17.0 Å². The fourth-order valence-corrected chi connectivity index (χ4v) is 1.97. The maximum atomic E-state index is 4.39. The van der Waals surface area contributed by atoms with Crippen molar-refractivity contribution in [2.75, 3.05) is 0 Å². The number of nitrogens with zero attached hydrogens (tertiary/aromatic N) is 1. The Hall–Kier alpha value is -0.670. The summed E-state index contributed by atoms with van der Waals surface area (Å²) in [5.41, 5.74) is 4.79. The summed E-state index contributed by atoms with van der Waals surface area (Å²) in [5, 5.41) is 0. The third kappa shape index (κ3) is 3.39. The first-order valence-electron chi connectivity index (χ1n) is 5.34. The van der Waals surface area contributed by atoms with E-state index in [1.54, 1.807) is 0 Å². The van der Waals surface area contributed by atoms with Crippen molar-refractivity contribution in [1.82, 2.24) is 4.98 Å². The second kappa shape index (κ2) is 6.31. The zero-order chi connectivity index (χ0) is 11.5. The van der Waals surface area contributed by atoms with Gasteiger partial charge in [0.15, 0.2) is 0 Å². The molecule has 1 unspecified atom stereocenters. The molecule has 1 aromatic carbocycles. The topological polar surface area (TPSA) is 12.9 Å². The van der Waals surface area contributed by atoms with Gasteiger partial charge in [-0.1, -0.05) is 34.1 Å². The smallest absolute Gasteiger partial charge is 0.0704 e. The third-order valence-electron chi connectivity index (χ3n) is 2.66. The summed E-state index contributed by atoms with van der Waals surface area (Å²) in [6, 6.07) is 12.5. The highest BCUT2D eigenvalue weighted by atomic mass is 79.9. The molecule has 0 saturated heterocycles. The Balaban J connectivity index is 0.00000144. The van der Waals surface area contributed by atoms with Crippen LogP contribution in [0.2, 0.25) is 0 Å². The summed E-state index contributed by atoms with van der Waals surface area (Å²) in [6.45, 7) is 4.25. The van der Waals surface area contributed by atoms with E-state index < -0.39 is 0 Å². The van der Waals surface area contributed by atoms with Gasteiger partial charge < -0.3 is 0 Å². The Bertz CT molecular complexity index is 481. The minimum atomic E-state index is 0. The predicted octanol–water partition coefficient (Wildman–Crippen LogP) is 5.09. The highest BCUT2D eigenvalue weighted by molar-refractivity contribution is 9.09. The number of aryl methyl sites for hydroxylation is 1. The molecule has 1 aromatic heterocycles. The Morgan fingerprint density at radius 3 is 2.53 bits per heavy atom. The van der Waals surface area contributed by atoms with E-state index in [4.69, 9.17) is 0 Å². The largest absolute Gasteiger partial charge is 0.256 e. The Labute approximate surface area is 121 Å². The highest BCUT2D eigenvalue weighted by Gasteiger charge is 2.06. The maximum Gasteiger partial charge on any atom is 0.0704 e. The standard InChI is InChI=1S/C14H14BrN.BrH/c1-10-6-7-12(11(2)15)9-13(10)14-5-3-4-8-16-14;/h3-9,11H,1-2H3;1H. The maximum absolute atomic E-state index is 4.39. The van der Waals surface area contributed by atoms with Crippen LogP contribution < -0.4 is 0 Å². The number of hydrogen-bond acceptors (Lipinski definition) is 1. The second-order valence-electron chi connectivity index (χ2n) is 3.91. The minimum Gasteiger partial charge on any atom is -0.256 e.